The van der Waals surface area contributed by atoms with Crippen LogP contribution < -0.4 is 4.74 Å². The normalized spacial score (nSPS) is 11.4. The Labute approximate surface area is 171 Å². The predicted octanol–water partition coefficient (Wildman–Crippen LogP) is 5.46. The van der Waals surface area contributed by atoms with Gasteiger partial charge < -0.3 is 9.84 Å². The van der Waals surface area contributed by atoms with Crippen LogP contribution in [0.1, 0.15) is 5.56 Å². The molecule has 0 saturated heterocycles. The first-order chi connectivity index (χ1) is 12.8. The largest absolute Gasteiger partial charge is 0.505 e. The Kier molecular flexibility index (Phi) is 5.79. The second kappa shape index (κ2) is 7.92. The van der Waals surface area contributed by atoms with Gasteiger partial charge in [0, 0.05) is 10.6 Å². The minimum Gasteiger partial charge on any atom is -0.505 e. The highest BCUT2D eigenvalue weighted by Gasteiger charge is 2.24. The van der Waals surface area contributed by atoms with Crippen molar-refractivity contribution >= 4 is 37.4 Å². The number of benzene rings is 3. The van der Waals surface area contributed by atoms with Crippen LogP contribution in [0.2, 0.25) is 5.02 Å². The van der Waals surface area contributed by atoms with Crippen LogP contribution in [0.3, 0.4) is 0 Å². The van der Waals surface area contributed by atoms with Gasteiger partial charge in [0.05, 0.1) is 17.3 Å². The van der Waals surface area contributed by atoms with E-state index in [4.69, 9.17) is 16.3 Å². The van der Waals surface area contributed by atoms with Gasteiger partial charge in [0.25, 0.3) is 0 Å². The van der Waals surface area contributed by atoms with Crippen LogP contribution in [0.15, 0.2) is 70.0 Å². The number of phenols is 1. The number of phenolic OH excluding ortho intramolecular Hbond substituents is 1. The fourth-order valence-corrected chi connectivity index (χ4v) is 5.27. The van der Waals surface area contributed by atoms with Crippen LogP contribution in [-0.2, 0) is 15.6 Å². The minimum atomic E-state index is -3.86. The third-order valence-electron chi connectivity index (χ3n) is 4.06. The van der Waals surface area contributed by atoms with Crippen LogP contribution in [0.25, 0.3) is 11.1 Å². The zero-order chi connectivity index (χ0) is 19.6. The number of rotatable bonds is 5. The van der Waals surface area contributed by atoms with Crippen molar-refractivity contribution in [2.24, 2.45) is 0 Å². The van der Waals surface area contributed by atoms with Crippen LogP contribution in [0, 0.1) is 0 Å². The van der Waals surface area contributed by atoms with Gasteiger partial charge in [-0.1, -0.05) is 48.0 Å². The maximum atomic E-state index is 12.9. The number of sulfone groups is 1. The minimum absolute atomic E-state index is 0.211. The highest BCUT2D eigenvalue weighted by Crippen LogP contribution is 2.37. The lowest BCUT2D eigenvalue weighted by atomic mass is 10.0. The second-order valence-electron chi connectivity index (χ2n) is 5.89. The summed E-state index contributed by atoms with van der Waals surface area (Å²) < 4.78 is 31.4. The molecule has 0 bridgehead atoms. The molecule has 0 saturated carbocycles. The molecule has 0 unspecified atom stereocenters. The third-order valence-corrected chi connectivity index (χ3v) is 6.56. The smallest absolute Gasteiger partial charge is 0.186 e. The number of aromatic hydroxyl groups is 1. The second-order valence-corrected chi connectivity index (χ2v) is 9.13. The van der Waals surface area contributed by atoms with Gasteiger partial charge in [-0.2, -0.15) is 0 Å². The quantitative estimate of drug-likeness (QED) is 0.541. The molecule has 0 aromatic heterocycles. The van der Waals surface area contributed by atoms with E-state index < -0.39 is 9.84 Å². The maximum Gasteiger partial charge on any atom is 0.186 e. The molecule has 140 valence electrons. The summed E-state index contributed by atoms with van der Waals surface area (Å²) in [5.41, 5.74) is 2.33. The monoisotopic (exact) mass is 466 g/mol. The van der Waals surface area contributed by atoms with E-state index in [-0.39, 0.29) is 25.9 Å². The summed E-state index contributed by atoms with van der Waals surface area (Å²) in [5, 5.41) is 10.4. The molecule has 3 rings (SSSR count). The molecule has 7 heteroatoms. The molecule has 0 atom stereocenters. The Hall–Kier alpha value is -2.02. The maximum absolute atomic E-state index is 12.9. The SMILES string of the molecule is COc1ccc(-c2ccccc2)cc1CS(=O)(=O)c1cc(Cl)cc(Br)c1O. The van der Waals surface area contributed by atoms with Gasteiger partial charge in [0.2, 0.25) is 0 Å². The first-order valence-corrected chi connectivity index (χ1v) is 10.8. The van der Waals surface area contributed by atoms with Crippen molar-refractivity contribution in [3.8, 4) is 22.6 Å². The highest BCUT2D eigenvalue weighted by molar-refractivity contribution is 9.10. The van der Waals surface area contributed by atoms with E-state index in [1.165, 1.54) is 19.2 Å². The average Bonchev–Trinajstić information content (AvgIpc) is 2.65. The Morgan fingerprint density at radius 1 is 1.04 bits per heavy atom. The van der Waals surface area contributed by atoms with Crippen molar-refractivity contribution in [1.82, 2.24) is 0 Å². The van der Waals surface area contributed by atoms with Crippen LogP contribution in [0.5, 0.6) is 11.5 Å². The molecule has 3 aromatic carbocycles. The van der Waals surface area contributed by atoms with Crippen molar-refractivity contribution in [3.05, 3.63) is 75.7 Å². The van der Waals surface area contributed by atoms with Crippen LogP contribution in [0.4, 0.5) is 0 Å². The fourth-order valence-electron chi connectivity index (χ4n) is 2.76. The number of hydrogen-bond donors (Lipinski definition) is 1. The molecular weight excluding hydrogens is 452 g/mol. The molecule has 3 aromatic rings. The van der Waals surface area contributed by atoms with Crippen molar-refractivity contribution in [3.63, 3.8) is 0 Å². The van der Waals surface area contributed by atoms with E-state index in [9.17, 15) is 13.5 Å². The molecule has 0 spiro atoms. The summed E-state index contributed by atoms with van der Waals surface area (Å²) in [6, 6.07) is 17.7. The Morgan fingerprint density at radius 2 is 1.74 bits per heavy atom. The van der Waals surface area contributed by atoms with Gasteiger partial charge in [0.15, 0.2) is 9.84 Å². The van der Waals surface area contributed by atoms with Gasteiger partial charge in [-0.05, 0) is 51.3 Å². The van der Waals surface area contributed by atoms with E-state index in [1.807, 2.05) is 36.4 Å². The fraction of sp³-hybridized carbons (Fsp3) is 0.100. The summed E-state index contributed by atoms with van der Waals surface area (Å²) in [5.74, 6) is -0.242. The molecule has 27 heavy (non-hydrogen) atoms. The zero-order valence-corrected chi connectivity index (χ0v) is 17.5. The lowest BCUT2D eigenvalue weighted by molar-refractivity contribution is 0.411. The Balaban J connectivity index is 2.06. The highest BCUT2D eigenvalue weighted by atomic mass is 79.9. The first-order valence-electron chi connectivity index (χ1n) is 7.95. The van der Waals surface area contributed by atoms with Crippen LogP contribution in [-0.4, -0.2) is 20.6 Å². The van der Waals surface area contributed by atoms with Gasteiger partial charge in [-0.15, -0.1) is 0 Å². The van der Waals surface area contributed by atoms with E-state index >= 15 is 0 Å². The summed E-state index contributed by atoms with van der Waals surface area (Å²) in [7, 11) is -2.38. The topological polar surface area (TPSA) is 63.6 Å². The predicted molar refractivity (Wildman–Crippen MR) is 110 cm³/mol. The molecule has 0 aliphatic carbocycles. The lowest BCUT2D eigenvalue weighted by Crippen LogP contribution is -2.07. The van der Waals surface area contributed by atoms with E-state index in [0.717, 1.165) is 11.1 Å². The van der Waals surface area contributed by atoms with Crippen molar-refractivity contribution in [2.45, 2.75) is 10.6 Å². The van der Waals surface area contributed by atoms with Gasteiger partial charge in [0.1, 0.15) is 16.4 Å². The summed E-state index contributed by atoms with van der Waals surface area (Å²) >= 11 is 9.09. The van der Waals surface area contributed by atoms with E-state index in [0.29, 0.717) is 11.3 Å². The summed E-state index contributed by atoms with van der Waals surface area (Å²) in [6.07, 6.45) is 0. The molecule has 4 nitrogen and oxygen atoms in total. The number of methoxy groups -OCH3 is 1. The molecule has 0 radical (unpaired) electrons. The Morgan fingerprint density at radius 3 is 2.41 bits per heavy atom. The molecule has 0 aliphatic heterocycles. The summed E-state index contributed by atoms with van der Waals surface area (Å²) in [4.78, 5) is -0.228. The number of hydrogen-bond acceptors (Lipinski definition) is 4. The Bertz CT molecular complexity index is 1080. The van der Waals surface area contributed by atoms with E-state index in [1.54, 1.807) is 12.1 Å². The molecular formula is C20H16BrClO4S. The van der Waals surface area contributed by atoms with Crippen LogP contribution >= 0.6 is 27.5 Å². The first kappa shape index (κ1) is 19.7. The molecule has 0 aliphatic rings. The van der Waals surface area contributed by atoms with E-state index in [2.05, 4.69) is 15.9 Å². The third kappa shape index (κ3) is 4.29. The summed E-state index contributed by atoms with van der Waals surface area (Å²) in [6.45, 7) is 0. The molecule has 0 amide bonds. The number of halogens is 2. The molecule has 0 heterocycles. The molecule has 1 N–H and O–H groups in total. The van der Waals surface area contributed by atoms with Crippen molar-refractivity contribution in [1.29, 1.82) is 0 Å². The van der Waals surface area contributed by atoms with Gasteiger partial charge >= 0.3 is 0 Å². The van der Waals surface area contributed by atoms with Crippen molar-refractivity contribution < 1.29 is 18.3 Å². The molecule has 0 fully saturated rings. The van der Waals surface area contributed by atoms with Gasteiger partial charge in [-0.25, -0.2) is 8.42 Å². The number of ether oxygens (including phenoxy) is 1. The zero-order valence-electron chi connectivity index (χ0n) is 14.3. The van der Waals surface area contributed by atoms with Gasteiger partial charge in [-0.3, -0.25) is 0 Å². The average molecular weight is 468 g/mol. The van der Waals surface area contributed by atoms with Crippen molar-refractivity contribution in [2.75, 3.05) is 7.11 Å². The lowest BCUT2D eigenvalue weighted by Gasteiger charge is -2.13. The standard InChI is InChI=1S/C20H16BrClO4S/c1-26-18-8-7-14(13-5-3-2-4-6-13)9-15(18)12-27(24,25)19-11-16(22)10-17(21)20(19)23/h2-11,23H,12H2,1H3.